The van der Waals surface area contributed by atoms with E-state index in [1.54, 1.807) is 11.3 Å². The van der Waals surface area contributed by atoms with Crippen molar-refractivity contribution >= 4 is 17.2 Å². The molecule has 3 atom stereocenters. The summed E-state index contributed by atoms with van der Waals surface area (Å²) in [5.74, 6) is 0.739. The molecule has 3 nitrogen and oxygen atoms in total. The Labute approximate surface area is 128 Å². The number of nitrogens with one attached hydrogen (secondary N) is 1. The maximum atomic E-state index is 12.4. The van der Waals surface area contributed by atoms with E-state index in [4.69, 9.17) is 0 Å². The van der Waals surface area contributed by atoms with Crippen LogP contribution in [0, 0.1) is 5.92 Å². The van der Waals surface area contributed by atoms with Crippen molar-refractivity contribution in [1.29, 1.82) is 0 Å². The number of benzene rings is 1. The molecule has 108 valence electrons. The van der Waals surface area contributed by atoms with E-state index in [-0.39, 0.29) is 5.91 Å². The van der Waals surface area contributed by atoms with E-state index >= 15 is 0 Å². The highest BCUT2D eigenvalue weighted by Gasteiger charge is 2.38. The van der Waals surface area contributed by atoms with Crippen LogP contribution in [0.15, 0.2) is 42.5 Å². The molecule has 1 aromatic carbocycles. The third-order valence-corrected chi connectivity index (χ3v) is 5.67. The fourth-order valence-corrected chi connectivity index (χ4v) is 4.32. The van der Waals surface area contributed by atoms with Gasteiger partial charge in [0, 0.05) is 24.0 Å². The second-order valence-corrected chi connectivity index (χ2v) is 7.00. The summed E-state index contributed by atoms with van der Waals surface area (Å²) in [6, 6.07) is 14.5. The molecule has 1 aromatic heterocycles. The van der Waals surface area contributed by atoms with Gasteiger partial charge in [0.15, 0.2) is 0 Å². The van der Waals surface area contributed by atoms with Gasteiger partial charge in [0.2, 0.25) is 0 Å². The number of piperidine rings is 1. The highest BCUT2D eigenvalue weighted by Crippen LogP contribution is 2.30. The minimum absolute atomic E-state index is 0.0842. The zero-order chi connectivity index (χ0) is 14.2. The Bertz CT molecular complexity index is 652. The average Bonchev–Trinajstić information content (AvgIpc) is 3.24. The molecule has 0 spiro atoms. The molecule has 0 radical (unpaired) electrons. The Morgan fingerprint density at radius 2 is 2.00 bits per heavy atom. The average molecular weight is 298 g/mol. The highest BCUT2D eigenvalue weighted by molar-refractivity contribution is 7.17. The van der Waals surface area contributed by atoms with Gasteiger partial charge in [0.1, 0.15) is 0 Å². The van der Waals surface area contributed by atoms with Crippen molar-refractivity contribution in [3.63, 3.8) is 0 Å². The van der Waals surface area contributed by atoms with Gasteiger partial charge in [-0.15, -0.1) is 11.3 Å². The van der Waals surface area contributed by atoms with Gasteiger partial charge in [0.25, 0.3) is 5.91 Å². The van der Waals surface area contributed by atoms with Crippen LogP contribution in [0.5, 0.6) is 0 Å². The number of rotatable bonds is 3. The van der Waals surface area contributed by atoms with Crippen LogP contribution < -0.4 is 5.32 Å². The molecule has 2 aliphatic heterocycles. The Morgan fingerprint density at radius 1 is 1.14 bits per heavy atom. The normalized spacial score (nSPS) is 27.0. The maximum Gasteiger partial charge on any atom is 0.261 e. The zero-order valence-electron chi connectivity index (χ0n) is 11.8. The molecule has 4 rings (SSSR count). The third-order valence-electron chi connectivity index (χ3n) is 4.54. The van der Waals surface area contributed by atoms with E-state index in [1.165, 1.54) is 18.5 Å². The summed E-state index contributed by atoms with van der Waals surface area (Å²) in [6.45, 7) is 3.38. The molecule has 4 heteroatoms. The molecule has 2 saturated heterocycles. The van der Waals surface area contributed by atoms with E-state index in [9.17, 15) is 4.79 Å². The summed E-state index contributed by atoms with van der Waals surface area (Å²) in [5, 5.41) is 3.22. The fourth-order valence-electron chi connectivity index (χ4n) is 3.40. The van der Waals surface area contributed by atoms with Crippen LogP contribution in [0.1, 0.15) is 16.1 Å². The number of hydrogen-bond acceptors (Lipinski definition) is 3. The van der Waals surface area contributed by atoms with Crippen molar-refractivity contribution in [2.24, 2.45) is 5.92 Å². The van der Waals surface area contributed by atoms with Gasteiger partial charge in [-0.2, -0.15) is 0 Å². The lowest BCUT2D eigenvalue weighted by molar-refractivity contribution is 0.0928. The van der Waals surface area contributed by atoms with Crippen LogP contribution in [-0.4, -0.2) is 36.5 Å². The number of carbonyl (C=O) groups excluding carboxylic acids is 1. The van der Waals surface area contributed by atoms with Crippen molar-refractivity contribution in [3.8, 4) is 10.4 Å². The molecule has 2 bridgehead atoms. The van der Waals surface area contributed by atoms with Crippen molar-refractivity contribution in [1.82, 2.24) is 10.2 Å². The minimum Gasteiger partial charge on any atom is -0.347 e. The van der Waals surface area contributed by atoms with Gasteiger partial charge >= 0.3 is 0 Å². The van der Waals surface area contributed by atoms with Crippen molar-refractivity contribution < 1.29 is 4.79 Å². The molecule has 3 heterocycles. The zero-order valence-corrected chi connectivity index (χ0v) is 12.6. The van der Waals surface area contributed by atoms with Crippen molar-refractivity contribution in [2.45, 2.75) is 12.5 Å². The first kappa shape index (κ1) is 13.0. The standard InChI is InChI=1S/C17H18N2OS/c20-17(18-14-11-19-9-8-13(14)10-19)16-7-6-15(21-16)12-4-2-1-3-5-12/h1-7,13-14H,8-11H2,(H,18,20). The van der Waals surface area contributed by atoms with Crippen molar-refractivity contribution in [2.75, 3.05) is 19.6 Å². The molecule has 0 aliphatic carbocycles. The number of carbonyl (C=O) groups is 1. The second kappa shape index (κ2) is 5.28. The Kier molecular flexibility index (Phi) is 3.28. The molecule has 21 heavy (non-hydrogen) atoms. The summed E-state index contributed by atoms with van der Waals surface area (Å²) in [7, 11) is 0. The van der Waals surface area contributed by atoms with Crippen LogP contribution >= 0.6 is 11.3 Å². The molecular weight excluding hydrogens is 280 g/mol. The Hall–Kier alpha value is -1.65. The first-order valence-corrected chi connectivity index (χ1v) is 8.30. The van der Waals surface area contributed by atoms with Crippen molar-refractivity contribution in [3.05, 3.63) is 47.3 Å². The number of thiophene rings is 1. The molecule has 1 N–H and O–H groups in total. The number of hydrogen-bond donors (Lipinski definition) is 1. The number of amides is 1. The predicted molar refractivity (Wildman–Crippen MR) is 85.6 cm³/mol. The largest absolute Gasteiger partial charge is 0.347 e. The van der Waals surface area contributed by atoms with Crippen LogP contribution in [0.25, 0.3) is 10.4 Å². The lowest BCUT2D eigenvalue weighted by Crippen LogP contribution is -2.42. The molecular formula is C17H18N2OS. The topological polar surface area (TPSA) is 32.3 Å². The maximum absolute atomic E-state index is 12.4. The van der Waals surface area contributed by atoms with E-state index in [0.29, 0.717) is 12.0 Å². The highest BCUT2D eigenvalue weighted by atomic mass is 32.1. The number of nitrogens with zero attached hydrogens (tertiary/aromatic N) is 1. The van der Waals surface area contributed by atoms with Crippen LogP contribution in [0.3, 0.4) is 0 Å². The second-order valence-electron chi connectivity index (χ2n) is 5.92. The SMILES string of the molecule is O=C(NC1CN2CCC1C2)c1ccc(-c2ccccc2)s1. The molecule has 2 aromatic rings. The first-order valence-electron chi connectivity index (χ1n) is 7.48. The summed E-state index contributed by atoms with van der Waals surface area (Å²) in [6.07, 6.45) is 1.23. The summed E-state index contributed by atoms with van der Waals surface area (Å²) in [4.78, 5) is 16.8. The molecule has 3 unspecified atom stereocenters. The molecule has 1 amide bonds. The lowest BCUT2D eigenvalue weighted by Gasteiger charge is -2.22. The lowest BCUT2D eigenvalue weighted by atomic mass is 10.00. The quantitative estimate of drug-likeness (QED) is 0.945. The predicted octanol–water partition coefficient (Wildman–Crippen LogP) is 2.85. The van der Waals surface area contributed by atoms with Gasteiger partial charge < -0.3 is 10.2 Å². The van der Waals surface area contributed by atoms with E-state index in [0.717, 1.165) is 22.8 Å². The minimum atomic E-state index is 0.0842. The molecule has 0 saturated carbocycles. The van der Waals surface area contributed by atoms with E-state index < -0.39 is 0 Å². The van der Waals surface area contributed by atoms with E-state index in [2.05, 4.69) is 22.3 Å². The summed E-state index contributed by atoms with van der Waals surface area (Å²) in [5.41, 5.74) is 1.17. The number of fused-ring (bicyclic) bond motifs is 2. The van der Waals surface area contributed by atoms with Crippen LogP contribution in [0.4, 0.5) is 0 Å². The smallest absolute Gasteiger partial charge is 0.261 e. The van der Waals surface area contributed by atoms with E-state index in [1.807, 2.05) is 30.3 Å². The van der Waals surface area contributed by atoms with Gasteiger partial charge in [0.05, 0.1) is 4.88 Å². The molecule has 2 fully saturated rings. The van der Waals surface area contributed by atoms with Gasteiger partial charge in [-0.05, 0) is 36.6 Å². The van der Waals surface area contributed by atoms with Crippen LogP contribution in [-0.2, 0) is 0 Å². The van der Waals surface area contributed by atoms with Gasteiger partial charge in [-0.1, -0.05) is 30.3 Å². The first-order chi connectivity index (χ1) is 10.3. The molecule has 2 aliphatic rings. The Balaban J connectivity index is 1.47. The van der Waals surface area contributed by atoms with Crippen LogP contribution in [0.2, 0.25) is 0 Å². The van der Waals surface area contributed by atoms with Gasteiger partial charge in [-0.25, -0.2) is 0 Å². The van der Waals surface area contributed by atoms with Gasteiger partial charge in [-0.3, -0.25) is 4.79 Å². The summed E-state index contributed by atoms with van der Waals surface area (Å²) >= 11 is 1.57. The third kappa shape index (κ3) is 2.49. The monoisotopic (exact) mass is 298 g/mol. The fraction of sp³-hybridized carbons (Fsp3) is 0.353. The summed E-state index contributed by atoms with van der Waals surface area (Å²) < 4.78 is 0. The Morgan fingerprint density at radius 3 is 2.71 bits per heavy atom.